The quantitative estimate of drug-likeness (QED) is 0.0748. The van der Waals surface area contributed by atoms with Gasteiger partial charge in [0.25, 0.3) is 5.91 Å². The number of nitrogens with one attached hydrogen (secondary N) is 7. The molecule has 1 fully saturated rings. The van der Waals surface area contributed by atoms with E-state index < -0.39 is 149 Å². The summed E-state index contributed by atoms with van der Waals surface area (Å²) in [4.78, 5) is 112. The Morgan fingerprint density at radius 2 is 1.13 bits per heavy atom. The van der Waals surface area contributed by atoms with E-state index in [9.17, 15) is 38.4 Å². The minimum atomic E-state index is -6.71. The van der Waals surface area contributed by atoms with Crippen molar-refractivity contribution in [1.82, 2.24) is 41.7 Å². The van der Waals surface area contributed by atoms with E-state index in [0.717, 1.165) is 58.5 Å². The lowest BCUT2D eigenvalue weighted by Gasteiger charge is -2.41. The van der Waals surface area contributed by atoms with Crippen LogP contribution in [0.5, 0.6) is 0 Å². The summed E-state index contributed by atoms with van der Waals surface area (Å²) in [6.07, 6.45) is 3.30. The predicted octanol–water partition coefficient (Wildman–Crippen LogP) is 6.34. The first kappa shape index (κ1) is 62.6. The van der Waals surface area contributed by atoms with Crippen LogP contribution in [0.25, 0.3) is 0 Å². The van der Waals surface area contributed by atoms with Gasteiger partial charge in [-0.3, -0.25) is 38.4 Å². The molecule has 4 aliphatic rings. The second kappa shape index (κ2) is 24.4. The van der Waals surface area contributed by atoms with Crippen LogP contribution in [0.3, 0.4) is 0 Å². The number of alkyl halides is 6. The van der Waals surface area contributed by atoms with Crippen molar-refractivity contribution in [3.63, 3.8) is 0 Å². The number of hydrogen-bond donors (Lipinski definition) is 7. The lowest BCUT2D eigenvalue weighted by molar-refractivity contribution is -0.285. The third-order valence-corrected chi connectivity index (χ3v) is 16.1. The smallest absolute Gasteiger partial charge is 0.347 e. The Morgan fingerprint density at radius 1 is 0.622 bits per heavy atom. The standard InChI is InChI=1S/C59H75F6N9O8/c1-10-45(75)71-46(55(3,4)5)51(79)73-30-36-27-37(26-25-35(36)28-43(73)49(77)69-41-23-15-19-33-17-11-13-21-39(33)41)67-53(81)57(60,61)59(64,65)58(62,63)54(82)68-38-29-44(50(78)70-42-24-16-20-34-18-12-14-22-40(34)42)74(31-38)52(80)47(56(6,7)8)72-48(76)32(2)66-9/h11-14,17-18,21-22,25-27,32,38,41-44,46-47,66H,10,15-16,19-20,23-24,28-31H2,1-9H3,(H,67,81)(H,68,82)(H,69,77)(H,70,78)(H,71,75)(H,72,76). The van der Waals surface area contributed by atoms with Crippen molar-refractivity contribution in [2.75, 3.05) is 18.9 Å². The number of anilines is 1. The second-order valence-corrected chi connectivity index (χ2v) is 24.1. The highest BCUT2D eigenvalue weighted by molar-refractivity contribution is 5.99. The number of hydrogen-bond acceptors (Lipinski definition) is 9. The fraction of sp³-hybridized carbons (Fsp3) is 0.559. The van der Waals surface area contributed by atoms with Gasteiger partial charge >= 0.3 is 23.7 Å². The third-order valence-electron chi connectivity index (χ3n) is 16.1. The summed E-state index contributed by atoms with van der Waals surface area (Å²) in [5.74, 6) is -29.1. The number of nitrogens with zero attached hydrogens (tertiary/aromatic N) is 2. The molecule has 8 amide bonds. The molecule has 1 saturated heterocycles. The molecule has 2 aliphatic carbocycles. The zero-order valence-electron chi connectivity index (χ0n) is 47.7. The zero-order valence-corrected chi connectivity index (χ0v) is 47.7. The van der Waals surface area contributed by atoms with Crippen LogP contribution in [0.15, 0.2) is 66.7 Å². The molecule has 8 unspecified atom stereocenters. The first-order chi connectivity index (χ1) is 38.3. The molecule has 82 heavy (non-hydrogen) atoms. The minimum Gasteiger partial charge on any atom is -0.347 e. The van der Waals surface area contributed by atoms with Crippen molar-refractivity contribution in [2.24, 2.45) is 10.8 Å². The molecule has 23 heteroatoms. The summed E-state index contributed by atoms with van der Waals surface area (Å²) in [5.41, 5.74) is 1.73. The van der Waals surface area contributed by atoms with Crippen molar-refractivity contribution in [2.45, 2.75) is 186 Å². The Hall–Kier alpha value is -7.04. The number of benzene rings is 3. The van der Waals surface area contributed by atoms with E-state index in [4.69, 9.17) is 0 Å². The van der Waals surface area contributed by atoms with E-state index >= 15 is 26.3 Å². The number of carbonyl (C=O) groups is 8. The predicted molar refractivity (Wildman–Crippen MR) is 292 cm³/mol. The van der Waals surface area contributed by atoms with E-state index in [2.05, 4.69) is 26.6 Å². The Bertz CT molecular complexity index is 2950. The first-order valence-electron chi connectivity index (χ1n) is 27.8. The van der Waals surface area contributed by atoms with Crippen LogP contribution in [-0.2, 0) is 64.2 Å². The Kier molecular flexibility index (Phi) is 18.6. The van der Waals surface area contributed by atoms with Crippen LogP contribution >= 0.6 is 0 Å². The number of carbonyl (C=O) groups excluding carboxylic acids is 8. The maximum Gasteiger partial charge on any atom is 0.393 e. The number of likely N-dealkylation sites (tertiary alicyclic amines) is 1. The van der Waals surface area contributed by atoms with E-state index in [1.54, 1.807) is 65.2 Å². The van der Waals surface area contributed by atoms with E-state index in [1.807, 2.05) is 42.5 Å². The Balaban J connectivity index is 1.10. The highest BCUT2D eigenvalue weighted by Crippen LogP contribution is 2.47. The van der Waals surface area contributed by atoms with E-state index in [-0.39, 0.29) is 18.4 Å². The summed E-state index contributed by atoms with van der Waals surface area (Å²) < 4.78 is 95.3. The average molecular weight is 1150 g/mol. The fourth-order valence-electron chi connectivity index (χ4n) is 11.2. The Labute approximate surface area is 473 Å². The highest BCUT2D eigenvalue weighted by Gasteiger charge is 2.78. The maximum atomic E-state index is 15.9. The number of rotatable bonds is 17. The van der Waals surface area contributed by atoms with Gasteiger partial charge < -0.3 is 47.0 Å². The van der Waals surface area contributed by atoms with Gasteiger partial charge in [0.2, 0.25) is 35.4 Å². The molecule has 0 radical (unpaired) electrons. The van der Waals surface area contributed by atoms with E-state index in [0.29, 0.717) is 24.8 Å². The molecule has 0 bridgehead atoms. The van der Waals surface area contributed by atoms with Gasteiger partial charge in [-0.15, -0.1) is 0 Å². The van der Waals surface area contributed by atoms with Crippen LogP contribution in [0.2, 0.25) is 0 Å². The molecular formula is C59H75F6N9O8. The molecule has 3 aromatic carbocycles. The van der Waals surface area contributed by atoms with Gasteiger partial charge in [0.15, 0.2) is 0 Å². The largest absolute Gasteiger partial charge is 0.393 e. The average Bonchev–Trinajstić information content (AvgIpc) is 3.82. The van der Waals surface area contributed by atoms with Crippen molar-refractivity contribution < 1.29 is 64.7 Å². The second-order valence-electron chi connectivity index (χ2n) is 24.1. The maximum absolute atomic E-state index is 15.9. The van der Waals surface area contributed by atoms with Crippen molar-refractivity contribution in [1.29, 1.82) is 0 Å². The molecule has 2 aliphatic heterocycles. The third kappa shape index (κ3) is 13.1. The summed E-state index contributed by atoms with van der Waals surface area (Å²) >= 11 is 0. The van der Waals surface area contributed by atoms with Crippen LogP contribution in [0, 0.1) is 10.8 Å². The molecule has 17 nitrogen and oxygen atoms in total. The fourth-order valence-corrected chi connectivity index (χ4v) is 11.2. The zero-order chi connectivity index (χ0) is 60.4. The minimum absolute atomic E-state index is 0.0220. The van der Waals surface area contributed by atoms with Gasteiger partial charge in [0, 0.05) is 37.7 Å². The van der Waals surface area contributed by atoms with Crippen molar-refractivity contribution in [3.8, 4) is 0 Å². The van der Waals surface area contributed by atoms with Gasteiger partial charge in [-0.1, -0.05) is 103 Å². The molecule has 0 saturated carbocycles. The number of halogens is 6. The molecular weight excluding hydrogens is 1080 g/mol. The number of amides is 8. The summed E-state index contributed by atoms with van der Waals surface area (Å²) in [5, 5.41) is 17.3. The first-order valence-corrected chi connectivity index (χ1v) is 27.8. The molecule has 0 aromatic heterocycles. The van der Waals surface area contributed by atoms with Crippen molar-refractivity contribution in [3.05, 3.63) is 100 Å². The summed E-state index contributed by atoms with van der Waals surface area (Å²) in [6, 6.07) is 9.61. The number of aryl methyl sites for hydroxylation is 2. The number of fused-ring (bicyclic) bond motifs is 3. The van der Waals surface area contributed by atoms with Gasteiger partial charge in [-0.2, -0.15) is 26.3 Å². The SMILES string of the molecule is CCC(=O)NC(C(=O)N1Cc2cc(NC(=O)C(F)(F)C(F)(F)C(F)(F)C(=O)NC3CC(C(=O)NC4CCCc5ccccc54)N(C(=O)C(NC(=O)C(C)NC)C(C)(C)C)C3)ccc2CC1C(=O)NC1CCCc2ccccc21)C(C)(C)C. The van der Waals surface area contributed by atoms with Gasteiger partial charge in [-0.05, 0) is 115 Å². The molecule has 7 rings (SSSR count). The van der Waals surface area contributed by atoms with Gasteiger partial charge in [-0.25, -0.2) is 0 Å². The molecule has 2 heterocycles. The van der Waals surface area contributed by atoms with Gasteiger partial charge in [0.1, 0.15) is 24.2 Å². The highest BCUT2D eigenvalue weighted by atomic mass is 19.3. The number of likely N-dealkylation sites (N-methyl/N-ethyl adjacent to an activating group) is 1. The van der Waals surface area contributed by atoms with Crippen LogP contribution in [-0.4, -0.2) is 125 Å². The normalized spacial score (nSPS) is 21.3. The molecule has 0 spiro atoms. The molecule has 446 valence electrons. The molecule has 7 N–H and O–H groups in total. The molecule has 8 atom stereocenters. The Morgan fingerprint density at radius 3 is 1.67 bits per heavy atom. The van der Waals surface area contributed by atoms with E-state index in [1.165, 1.54) is 24.9 Å². The van der Waals surface area contributed by atoms with Gasteiger partial charge in [0.05, 0.1) is 18.1 Å². The van der Waals surface area contributed by atoms with Crippen LogP contribution < -0.4 is 37.2 Å². The van der Waals surface area contributed by atoms with Crippen LogP contribution in [0.1, 0.15) is 139 Å². The van der Waals surface area contributed by atoms with Crippen molar-refractivity contribution >= 4 is 52.9 Å². The van der Waals surface area contributed by atoms with Crippen LogP contribution in [0.4, 0.5) is 32.0 Å². The lowest BCUT2D eigenvalue weighted by Crippen LogP contribution is -2.65. The summed E-state index contributed by atoms with van der Waals surface area (Å²) in [7, 11) is 1.50. The topological polar surface area (TPSA) is 227 Å². The monoisotopic (exact) mass is 1150 g/mol. The lowest BCUT2D eigenvalue weighted by atomic mass is 9.83. The molecule has 3 aromatic rings. The summed E-state index contributed by atoms with van der Waals surface area (Å²) in [6.45, 7) is 11.9.